The Morgan fingerprint density at radius 1 is 1.53 bits per heavy atom. The summed E-state index contributed by atoms with van der Waals surface area (Å²) in [6, 6.07) is 0. The Morgan fingerprint density at radius 3 is 2.82 bits per heavy atom. The Labute approximate surface area is 101 Å². The first-order chi connectivity index (χ1) is 8.15. The van der Waals surface area contributed by atoms with E-state index in [4.69, 9.17) is 9.84 Å². The van der Waals surface area contributed by atoms with Crippen LogP contribution < -0.4 is 5.32 Å². The van der Waals surface area contributed by atoms with Crippen LogP contribution in [0, 0.1) is 5.92 Å². The first-order valence-electron chi connectivity index (χ1n) is 5.85. The number of rotatable bonds is 6. The molecule has 0 saturated carbocycles. The molecule has 1 amide bonds. The molecule has 1 saturated heterocycles. The topological polar surface area (TPSA) is 78.9 Å². The standard InChI is InChI=1S/C11H20N2O4/c1-17-6-5-13(8-10(14)15)11(16)9-3-2-4-12-7-9/h9,12H,2-8H2,1H3,(H,14,15)/t9-/m1/s1. The maximum Gasteiger partial charge on any atom is 0.323 e. The van der Waals surface area contributed by atoms with Crippen molar-refractivity contribution in [1.29, 1.82) is 0 Å². The summed E-state index contributed by atoms with van der Waals surface area (Å²) < 4.78 is 4.89. The zero-order valence-electron chi connectivity index (χ0n) is 10.1. The van der Waals surface area contributed by atoms with E-state index in [-0.39, 0.29) is 18.4 Å². The Kier molecular flexibility index (Phi) is 5.93. The molecule has 6 nitrogen and oxygen atoms in total. The molecule has 1 aliphatic rings. The summed E-state index contributed by atoms with van der Waals surface area (Å²) in [7, 11) is 1.53. The minimum Gasteiger partial charge on any atom is -0.480 e. The number of aliphatic carboxylic acids is 1. The van der Waals surface area contributed by atoms with Crippen LogP contribution >= 0.6 is 0 Å². The van der Waals surface area contributed by atoms with E-state index in [2.05, 4.69) is 5.32 Å². The van der Waals surface area contributed by atoms with Crippen molar-refractivity contribution in [3.63, 3.8) is 0 Å². The van der Waals surface area contributed by atoms with Crippen LogP contribution in [0.5, 0.6) is 0 Å². The van der Waals surface area contributed by atoms with Crippen molar-refractivity contribution in [3.05, 3.63) is 0 Å². The molecule has 0 aromatic heterocycles. The van der Waals surface area contributed by atoms with Gasteiger partial charge >= 0.3 is 5.97 Å². The van der Waals surface area contributed by atoms with E-state index in [9.17, 15) is 9.59 Å². The SMILES string of the molecule is COCCN(CC(=O)O)C(=O)[C@@H]1CCCNC1. The number of carbonyl (C=O) groups excluding carboxylic acids is 1. The molecule has 0 aliphatic carbocycles. The van der Waals surface area contributed by atoms with Gasteiger partial charge in [-0.1, -0.05) is 0 Å². The third-order valence-electron chi connectivity index (χ3n) is 2.85. The van der Waals surface area contributed by atoms with Crippen molar-refractivity contribution >= 4 is 11.9 Å². The van der Waals surface area contributed by atoms with Crippen molar-refractivity contribution in [3.8, 4) is 0 Å². The van der Waals surface area contributed by atoms with Gasteiger partial charge in [0, 0.05) is 20.2 Å². The van der Waals surface area contributed by atoms with Gasteiger partial charge in [0.2, 0.25) is 5.91 Å². The van der Waals surface area contributed by atoms with Gasteiger partial charge in [0.1, 0.15) is 6.54 Å². The van der Waals surface area contributed by atoms with Gasteiger partial charge in [0.25, 0.3) is 0 Å². The summed E-state index contributed by atoms with van der Waals surface area (Å²) in [4.78, 5) is 24.2. The van der Waals surface area contributed by atoms with Gasteiger partial charge in [-0.15, -0.1) is 0 Å². The van der Waals surface area contributed by atoms with E-state index in [0.29, 0.717) is 19.7 Å². The number of hydrogen-bond donors (Lipinski definition) is 2. The number of ether oxygens (including phenoxy) is 1. The lowest BCUT2D eigenvalue weighted by Gasteiger charge is -2.28. The molecule has 1 atom stereocenters. The Bertz CT molecular complexity index is 264. The molecule has 1 rings (SSSR count). The van der Waals surface area contributed by atoms with Gasteiger partial charge < -0.3 is 20.1 Å². The molecule has 0 unspecified atom stereocenters. The lowest BCUT2D eigenvalue weighted by Crippen LogP contribution is -2.46. The molecule has 6 heteroatoms. The van der Waals surface area contributed by atoms with Crippen molar-refractivity contribution in [2.45, 2.75) is 12.8 Å². The number of methoxy groups -OCH3 is 1. The third-order valence-corrected chi connectivity index (χ3v) is 2.85. The summed E-state index contributed by atoms with van der Waals surface area (Å²) in [5.41, 5.74) is 0. The monoisotopic (exact) mass is 244 g/mol. The second-order valence-corrected chi connectivity index (χ2v) is 4.19. The smallest absolute Gasteiger partial charge is 0.323 e. The van der Waals surface area contributed by atoms with E-state index in [0.717, 1.165) is 19.4 Å². The fraction of sp³-hybridized carbons (Fsp3) is 0.818. The molecule has 17 heavy (non-hydrogen) atoms. The molecule has 1 aliphatic heterocycles. The molecule has 0 spiro atoms. The number of carboxylic acids is 1. The van der Waals surface area contributed by atoms with Crippen LogP contribution in [0.1, 0.15) is 12.8 Å². The largest absolute Gasteiger partial charge is 0.480 e. The number of nitrogens with one attached hydrogen (secondary N) is 1. The number of piperidine rings is 1. The van der Waals surface area contributed by atoms with Crippen LogP contribution in [0.15, 0.2) is 0 Å². The van der Waals surface area contributed by atoms with Crippen LogP contribution in [-0.2, 0) is 14.3 Å². The first-order valence-corrected chi connectivity index (χ1v) is 5.85. The van der Waals surface area contributed by atoms with Crippen molar-refractivity contribution in [2.24, 2.45) is 5.92 Å². The number of hydrogen-bond acceptors (Lipinski definition) is 4. The van der Waals surface area contributed by atoms with Crippen LogP contribution in [-0.4, -0.2) is 61.8 Å². The summed E-state index contributed by atoms with van der Waals surface area (Å²) in [5, 5.41) is 11.9. The third kappa shape index (κ3) is 4.70. The molecular formula is C11H20N2O4. The molecule has 0 bridgehead atoms. The van der Waals surface area contributed by atoms with Crippen molar-refractivity contribution < 1.29 is 19.4 Å². The number of amides is 1. The lowest BCUT2D eigenvalue weighted by atomic mass is 9.98. The molecular weight excluding hydrogens is 224 g/mol. The molecule has 2 N–H and O–H groups in total. The van der Waals surface area contributed by atoms with Crippen molar-refractivity contribution in [2.75, 3.05) is 39.9 Å². The lowest BCUT2D eigenvalue weighted by molar-refractivity contribution is -0.147. The van der Waals surface area contributed by atoms with Gasteiger partial charge in [-0.05, 0) is 19.4 Å². The normalized spacial score (nSPS) is 19.9. The number of carbonyl (C=O) groups is 2. The first kappa shape index (κ1) is 13.9. The summed E-state index contributed by atoms with van der Waals surface area (Å²) in [6.45, 7) is 2.01. The van der Waals surface area contributed by atoms with E-state index in [1.54, 1.807) is 0 Å². The van der Waals surface area contributed by atoms with Crippen LogP contribution in [0.25, 0.3) is 0 Å². The fourth-order valence-corrected chi connectivity index (χ4v) is 1.95. The Hall–Kier alpha value is -1.14. The summed E-state index contributed by atoms with van der Waals surface area (Å²) in [6.07, 6.45) is 1.79. The van der Waals surface area contributed by atoms with Gasteiger partial charge in [0.15, 0.2) is 0 Å². The van der Waals surface area contributed by atoms with Gasteiger partial charge in [0.05, 0.1) is 12.5 Å². The van der Waals surface area contributed by atoms with E-state index in [1.807, 2.05) is 0 Å². The highest BCUT2D eigenvalue weighted by Gasteiger charge is 2.26. The van der Waals surface area contributed by atoms with Gasteiger partial charge in [-0.25, -0.2) is 0 Å². The molecule has 98 valence electrons. The summed E-state index contributed by atoms with van der Waals surface area (Å²) in [5.74, 6) is -1.17. The number of carboxylic acid groups (broad SMARTS) is 1. The van der Waals surface area contributed by atoms with E-state index < -0.39 is 5.97 Å². The predicted molar refractivity (Wildman–Crippen MR) is 61.7 cm³/mol. The highest BCUT2D eigenvalue weighted by molar-refractivity contribution is 5.83. The molecule has 1 heterocycles. The molecule has 0 radical (unpaired) electrons. The van der Waals surface area contributed by atoms with E-state index >= 15 is 0 Å². The van der Waals surface area contributed by atoms with Crippen LogP contribution in [0.4, 0.5) is 0 Å². The predicted octanol–water partition coefficient (Wildman–Crippen LogP) is -0.454. The summed E-state index contributed by atoms with van der Waals surface area (Å²) >= 11 is 0. The maximum absolute atomic E-state index is 12.1. The minimum absolute atomic E-state index is 0.0864. The van der Waals surface area contributed by atoms with Crippen LogP contribution in [0.3, 0.4) is 0 Å². The minimum atomic E-state index is -0.988. The zero-order chi connectivity index (χ0) is 12.7. The quantitative estimate of drug-likeness (QED) is 0.661. The van der Waals surface area contributed by atoms with E-state index in [1.165, 1.54) is 12.0 Å². The average molecular weight is 244 g/mol. The Morgan fingerprint density at radius 2 is 2.29 bits per heavy atom. The molecule has 0 aromatic rings. The van der Waals surface area contributed by atoms with Gasteiger partial charge in [-0.2, -0.15) is 0 Å². The zero-order valence-corrected chi connectivity index (χ0v) is 10.1. The maximum atomic E-state index is 12.1. The average Bonchev–Trinajstić information content (AvgIpc) is 2.34. The second kappa shape index (κ2) is 7.24. The van der Waals surface area contributed by atoms with Gasteiger partial charge in [-0.3, -0.25) is 9.59 Å². The van der Waals surface area contributed by atoms with Crippen LogP contribution in [0.2, 0.25) is 0 Å². The molecule has 1 fully saturated rings. The highest BCUT2D eigenvalue weighted by atomic mass is 16.5. The molecule has 0 aromatic carbocycles. The number of nitrogens with zero attached hydrogens (tertiary/aromatic N) is 1. The van der Waals surface area contributed by atoms with Crippen molar-refractivity contribution in [1.82, 2.24) is 10.2 Å². The highest BCUT2D eigenvalue weighted by Crippen LogP contribution is 2.13. The Balaban J connectivity index is 2.53. The second-order valence-electron chi connectivity index (χ2n) is 4.19. The fourth-order valence-electron chi connectivity index (χ4n) is 1.95.